The van der Waals surface area contributed by atoms with Crippen LogP contribution in [0.3, 0.4) is 0 Å². The quantitative estimate of drug-likeness (QED) is 0.443. The van der Waals surface area contributed by atoms with Gasteiger partial charge in [0, 0.05) is 0 Å². The number of rotatable bonds is 8. The van der Waals surface area contributed by atoms with Crippen molar-refractivity contribution < 1.29 is 5.11 Å². The summed E-state index contributed by atoms with van der Waals surface area (Å²) in [6.07, 6.45) is 25.7. The standard InChI is InChI=1S/C25H46O/c1-2-3-4-5-6-8-20-11-13-21(14-12-20)22-15-17-23(18-16-22)24-9-7-10-25(26)19-24/h20-26H,2-19H2,1H3/t20-,21-,22?,23?,24-,25+/m0/s1. The fraction of sp³-hybridized carbons (Fsp3) is 1.00. The predicted molar refractivity (Wildman–Crippen MR) is 112 cm³/mol. The molecule has 0 aliphatic heterocycles. The maximum atomic E-state index is 9.99. The van der Waals surface area contributed by atoms with Gasteiger partial charge in [0.15, 0.2) is 0 Å². The Labute approximate surface area is 163 Å². The first-order valence-electron chi connectivity index (χ1n) is 12.4. The van der Waals surface area contributed by atoms with Gasteiger partial charge in [-0.05, 0) is 87.4 Å². The zero-order chi connectivity index (χ0) is 18.2. The largest absolute Gasteiger partial charge is 0.393 e. The van der Waals surface area contributed by atoms with Gasteiger partial charge in [0.1, 0.15) is 0 Å². The average molecular weight is 363 g/mol. The van der Waals surface area contributed by atoms with Crippen LogP contribution in [0.4, 0.5) is 0 Å². The van der Waals surface area contributed by atoms with Crippen molar-refractivity contribution in [3.05, 3.63) is 0 Å². The second-order valence-electron chi connectivity index (χ2n) is 10.2. The molecule has 2 atom stereocenters. The number of aliphatic hydroxyl groups excluding tert-OH is 1. The second kappa shape index (κ2) is 11.1. The third-order valence-corrected chi connectivity index (χ3v) is 8.44. The minimum absolute atomic E-state index is 0.0173. The summed E-state index contributed by atoms with van der Waals surface area (Å²) in [4.78, 5) is 0. The van der Waals surface area contributed by atoms with E-state index in [1.807, 2.05) is 0 Å². The SMILES string of the molecule is CCCCCCC[C@H]1CC[C@H](C2CCC([C@H]3CCC[C@@H](O)C3)CC2)CC1. The summed E-state index contributed by atoms with van der Waals surface area (Å²) in [7, 11) is 0. The zero-order valence-corrected chi connectivity index (χ0v) is 17.6. The van der Waals surface area contributed by atoms with E-state index in [9.17, 15) is 5.11 Å². The Hall–Kier alpha value is -0.0400. The lowest BCUT2D eigenvalue weighted by atomic mass is 9.65. The van der Waals surface area contributed by atoms with Gasteiger partial charge in [-0.2, -0.15) is 0 Å². The first-order valence-corrected chi connectivity index (χ1v) is 12.4. The van der Waals surface area contributed by atoms with Crippen molar-refractivity contribution in [2.45, 2.75) is 129 Å². The summed E-state index contributed by atoms with van der Waals surface area (Å²) in [6, 6.07) is 0. The minimum atomic E-state index is 0.0173. The van der Waals surface area contributed by atoms with E-state index in [0.717, 1.165) is 42.4 Å². The van der Waals surface area contributed by atoms with Gasteiger partial charge in [-0.25, -0.2) is 0 Å². The Morgan fingerprint density at radius 1 is 0.615 bits per heavy atom. The van der Waals surface area contributed by atoms with E-state index in [1.165, 1.54) is 103 Å². The van der Waals surface area contributed by atoms with E-state index in [0.29, 0.717) is 0 Å². The van der Waals surface area contributed by atoms with Crippen LogP contribution in [-0.2, 0) is 0 Å². The van der Waals surface area contributed by atoms with Crippen molar-refractivity contribution in [1.82, 2.24) is 0 Å². The van der Waals surface area contributed by atoms with Crippen LogP contribution in [0, 0.1) is 29.6 Å². The lowest BCUT2D eigenvalue weighted by Crippen LogP contribution is -2.31. The smallest absolute Gasteiger partial charge is 0.0543 e. The Morgan fingerprint density at radius 3 is 1.81 bits per heavy atom. The number of hydrogen-bond acceptors (Lipinski definition) is 1. The highest BCUT2D eigenvalue weighted by Gasteiger charge is 2.34. The van der Waals surface area contributed by atoms with Gasteiger partial charge in [0.2, 0.25) is 0 Å². The van der Waals surface area contributed by atoms with Crippen molar-refractivity contribution in [1.29, 1.82) is 0 Å². The first kappa shape index (κ1) is 20.7. The molecule has 0 saturated heterocycles. The molecule has 3 aliphatic rings. The fourth-order valence-electron chi connectivity index (χ4n) is 6.70. The van der Waals surface area contributed by atoms with Gasteiger partial charge in [-0.1, -0.05) is 64.7 Å². The van der Waals surface area contributed by atoms with Crippen LogP contribution in [0.1, 0.15) is 122 Å². The molecule has 3 saturated carbocycles. The fourth-order valence-corrected chi connectivity index (χ4v) is 6.70. The highest BCUT2D eigenvalue weighted by molar-refractivity contribution is 4.86. The van der Waals surface area contributed by atoms with Gasteiger partial charge >= 0.3 is 0 Å². The van der Waals surface area contributed by atoms with E-state index in [4.69, 9.17) is 0 Å². The van der Waals surface area contributed by atoms with E-state index in [-0.39, 0.29) is 6.10 Å². The van der Waals surface area contributed by atoms with Gasteiger partial charge < -0.3 is 5.11 Å². The molecule has 152 valence electrons. The molecule has 0 aromatic carbocycles. The summed E-state index contributed by atoms with van der Waals surface area (Å²) >= 11 is 0. The molecule has 0 aromatic rings. The normalized spacial score (nSPS) is 39.0. The summed E-state index contributed by atoms with van der Waals surface area (Å²) < 4.78 is 0. The molecule has 0 spiro atoms. The topological polar surface area (TPSA) is 20.2 Å². The molecule has 0 heterocycles. The minimum Gasteiger partial charge on any atom is -0.393 e. The first-order chi connectivity index (χ1) is 12.8. The summed E-state index contributed by atoms with van der Waals surface area (Å²) in [6.45, 7) is 2.31. The lowest BCUT2D eigenvalue weighted by Gasteiger charge is -2.41. The molecule has 0 amide bonds. The van der Waals surface area contributed by atoms with E-state index >= 15 is 0 Å². The van der Waals surface area contributed by atoms with Crippen LogP contribution in [0.15, 0.2) is 0 Å². The van der Waals surface area contributed by atoms with Crippen LogP contribution in [-0.4, -0.2) is 11.2 Å². The number of aliphatic hydroxyl groups is 1. The van der Waals surface area contributed by atoms with E-state index < -0.39 is 0 Å². The third kappa shape index (κ3) is 6.25. The van der Waals surface area contributed by atoms with E-state index in [2.05, 4.69) is 6.92 Å². The lowest BCUT2D eigenvalue weighted by molar-refractivity contribution is 0.0554. The van der Waals surface area contributed by atoms with Crippen LogP contribution in [0.25, 0.3) is 0 Å². The van der Waals surface area contributed by atoms with Crippen LogP contribution in [0.5, 0.6) is 0 Å². The molecular formula is C25H46O. The molecule has 0 unspecified atom stereocenters. The van der Waals surface area contributed by atoms with Gasteiger partial charge in [0.05, 0.1) is 6.10 Å². The Kier molecular flexibility index (Phi) is 8.82. The van der Waals surface area contributed by atoms with Crippen molar-refractivity contribution in [2.75, 3.05) is 0 Å². The average Bonchev–Trinajstić information content (AvgIpc) is 2.68. The second-order valence-corrected chi connectivity index (χ2v) is 10.2. The molecule has 3 aliphatic carbocycles. The molecule has 0 radical (unpaired) electrons. The molecule has 1 heteroatoms. The molecular weight excluding hydrogens is 316 g/mol. The monoisotopic (exact) mass is 362 g/mol. The molecule has 1 N–H and O–H groups in total. The number of hydrogen-bond donors (Lipinski definition) is 1. The summed E-state index contributed by atoms with van der Waals surface area (Å²) in [5.74, 6) is 4.96. The van der Waals surface area contributed by atoms with Crippen molar-refractivity contribution >= 4 is 0 Å². The Bertz CT molecular complexity index is 362. The molecule has 1 nitrogen and oxygen atoms in total. The van der Waals surface area contributed by atoms with Gasteiger partial charge in [-0.3, -0.25) is 0 Å². The third-order valence-electron chi connectivity index (χ3n) is 8.44. The van der Waals surface area contributed by atoms with Crippen LogP contribution in [0.2, 0.25) is 0 Å². The highest BCUT2D eigenvalue weighted by atomic mass is 16.3. The van der Waals surface area contributed by atoms with Crippen LogP contribution >= 0.6 is 0 Å². The highest BCUT2D eigenvalue weighted by Crippen LogP contribution is 2.45. The molecule has 3 fully saturated rings. The Balaban J connectivity index is 1.30. The van der Waals surface area contributed by atoms with Crippen molar-refractivity contribution in [3.63, 3.8) is 0 Å². The Morgan fingerprint density at radius 2 is 1.19 bits per heavy atom. The maximum absolute atomic E-state index is 9.99. The maximum Gasteiger partial charge on any atom is 0.0543 e. The molecule has 0 bridgehead atoms. The summed E-state index contributed by atoms with van der Waals surface area (Å²) in [5.41, 5.74) is 0. The summed E-state index contributed by atoms with van der Waals surface area (Å²) in [5, 5.41) is 9.99. The van der Waals surface area contributed by atoms with Crippen LogP contribution < -0.4 is 0 Å². The predicted octanol–water partition coefficient (Wildman–Crippen LogP) is 7.51. The van der Waals surface area contributed by atoms with Crippen molar-refractivity contribution in [3.8, 4) is 0 Å². The van der Waals surface area contributed by atoms with Crippen molar-refractivity contribution in [2.24, 2.45) is 29.6 Å². The van der Waals surface area contributed by atoms with E-state index in [1.54, 1.807) is 0 Å². The van der Waals surface area contributed by atoms with Gasteiger partial charge in [-0.15, -0.1) is 0 Å². The molecule has 3 rings (SSSR count). The zero-order valence-electron chi connectivity index (χ0n) is 17.6. The number of unbranched alkanes of at least 4 members (excludes halogenated alkanes) is 4. The van der Waals surface area contributed by atoms with Gasteiger partial charge in [0.25, 0.3) is 0 Å². The molecule has 26 heavy (non-hydrogen) atoms. The molecule has 0 aromatic heterocycles.